The van der Waals surface area contributed by atoms with Gasteiger partial charge in [0.15, 0.2) is 0 Å². The predicted octanol–water partition coefficient (Wildman–Crippen LogP) is 2.96. The predicted molar refractivity (Wildman–Crippen MR) is 70.8 cm³/mol. The number of hydrogen-bond donors (Lipinski definition) is 1. The first-order valence-electron chi connectivity index (χ1n) is 7.04. The molecular weight excluding hydrogens is 210 g/mol. The third-order valence-corrected chi connectivity index (χ3v) is 4.08. The van der Waals surface area contributed by atoms with Gasteiger partial charge in [-0.05, 0) is 32.6 Å². The average Bonchev–Trinajstić information content (AvgIpc) is 2.84. The summed E-state index contributed by atoms with van der Waals surface area (Å²) < 4.78 is 2.21. The van der Waals surface area contributed by atoms with E-state index in [0.29, 0.717) is 6.04 Å². The Morgan fingerprint density at radius 2 is 2.18 bits per heavy atom. The number of hydrogen-bond acceptors (Lipinski definition) is 2. The van der Waals surface area contributed by atoms with E-state index >= 15 is 0 Å². The van der Waals surface area contributed by atoms with Crippen molar-refractivity contribution in [2.24, 2.45) is 5.92 Å². The molecule has 17 heavy (non-hydrogen) atoms. The average molecular weight is 235 g/mol. The molecule has 1 saturated carbocycles. The van der Waals surface area contributed by atoms with Gasteiger partial charge in [0.25, 0.3) is 0 Å². The van der Waals surface area contributed by atoms with Crippen molar-refractivity contribution in [1.82, 2.24) is 14.9 Å². The molecule has 0 bridgehead atoms. The summed E-state index contributed by atoms with van der Waals surface area (Å²) in [6.07, 6.45) is 11.0. The second kappa shape index (κ2) is 6.20. The molecule has 0 amide bonds. The molecule has 1 aliphatic rings. The maximum Gasteiger partial charge on any atom is 0.122 e. The molecule has 0 saturated heterocycles. The fourth-order valence-corrected chi connectivity index (χ4v) is 2.85. The third kappa shape index (κ3) is 3.32. The van der Waals surface area contributed by atoms with Gasteiger partial charge in [-0.25, -0.2) is 4.98 Å². The topological polar surface area (TPSA) is 29.9 Å². The van der Waals surface area contributed by atoms with Gasteiger partial charge in [-0.3, -0.25) is 0 Å². The Morgan fingerprint density at radius 3 is 2.88 bits per heavy atom. The lowest BCUT2D eigenvalue weighted by atomic mass is 9.84. The number of rotatable bonds is 5. The minimum atomic E-state index is 0.623. The maximum atomic E-state index is 4.40. The van der Waals surface area contributed by atoms with Crippen LogP contribution < -0.4 is 5.32 Å². The van der Waals surface area contributed by atoms with Gasteiger partial charge in [-0.2, -0.15) is 0 Å². The maximum absolute atomic E-state index is 4.40. The Bertz CT molecular complexity index is 326. The third-order valence-electron chi connectivity index (χ3n) is 4.08. The number of nitrogens with zero attached hydrogens (tertiary/aromatic N) is 2. The molecule has 0 unspecified atom stereocenters. The van der Waals surface area contributed by atoms with Crippen LogP contribution in [0.25, 0.3) is 0 Å². The summed E-state index contributed by atoms with van der Waals surface area (Å²) >= 11 is 0. The molecule has 1 aromatic heterocycles. The highest BCUT2D eigenvalue weighted by Gasteiger charge is 2.19. The van der Waals surface area contributed by atoms with E-state index < -0.39 is 0 Å². The highest BCUT2D eigenvalue weighted by molar-refractivity contribution is 4.92. The SMILES string of the molecule is CCn1ccnc1CN[C@@H](C)C1CCCCC1. The zero-order valence-electron chi connectivity index (χ0n) is 11.2. The van der Waals surface area contributed by atoms with E-state index in [-0.39, 0.29) is 0 Å². The molecule has 0 aliphatic heterocycles. The van der Waals surface area contributed by atoms with Crippen LogP contribution in [0.15, 0.2) is 12.4 Å². The van der Waals surface area contributed by atoms with E-state index in [1.165, 1.54) is 32.1 Å². The molecule has 3 nitrogen and oxygen atoms in total. The van der Waals surface area contributed by atoms with Gasteiger partial charge in [0, 0.05) is 25.0 Å². The van der Waals surface area contributed by atoms with E-state index in [4.69, 9.17) is 0 Å². The first-order chi connectivity index (χ1) is 8.31. The highest BCUT2D eigenvalue weighted by atomic mass is 15.1. The monoisotopic (exact) mass is 235 g/mol. The minimum absolute atomic E-state index is 0.623. The van der Waals surface area contributed by atoms with Gasteiger partial charge in [0.05, 0.1) is 6.54 Å². The van der Waals surface area contributed by atoms with Crippen LogP contribution in [0, 0.1) is 5.92 Å². The number of aryl methyl sites for hydroxylation is 1. The number of nitrogens with one attached hydrogen (secondary N) is 1. The van der Waals surface area contributed by atoms with Crippen molar-refractivity contribution in [3.8, 4) is 0 Å². The van der Waals surface area contributed by atoms with E-state index in [9.17, 15) is 0 Å². The Balaban J connectivity index is 1.80. The van der Waals surface area contributed by atoms with E-state index in [2.05, 4.69) is 34.9 Å². The molecule has 1 aliphatic carbocycles. The molecule has 3 heteroatoms. The van der Waals surface area contributed by atoms with Gasteiger partial charge in [-0.1, -0.05) is 19.3 Å². The fourth-order valence-electron chi connectivity index (χ4n) is 2.85. The van der Waals surface area contributed by atoms with Crippen molar-refractivity contribution in [2.75, 3.05) is 0 Å². The minimum Gasteiger partial charge on any atom is -0.334 e. The smallest absolute Gasteiger partial charge is 0.122 e. The van der Waals surface area contributed by atoms with Crippen molar-refractivity contribution in [3.63, 3.8) is 0 Å². The van der Waals surface area contributed by atoms with Crippen molar-refractivity contribution in [1.29, 1.82) is 0 Å². The van der Waals surface area contributed by atoms with Crippen molar-refractivity contribution in [3.05, 3.63) is 18.2 Å². The van der Waals surface area contributed by atoms with Crippen LogP contribution in [0.2, 0.25) is 0 Å². The van der Waals surface area contributed by atoms with Crippen LogP contribution in [0.1, 0.15) is 51.8 Å². The molecule has 0 radical (unpaired) electrons. The van der Waals surface area contributed by atoms with Crippen molar-refractivity contribution in [2.45, 2.75) is 65.1 Å². The second-order valence-corrected chi connectivity index (χ2v) is 5.20. The lowest BCUT2D eigenvalue weighted by Crippen LogP contribution is -2.34. The van der Waals surface area contributed by atoms with Crippen LogP contribution in [-0.2, 0) is 13.1 Å². The fraction of sp³-hybridized carbons (Fsp3) is 0.786. The van der Waals surface area contributed by atoms with Crippen LogP contribution in [-0.4, -0.2) is 15.6 Å². The molecule has 2 rings (SSSR count). The quantitative estimate of drug-likeness (QED) is 0.850. The zero-order chi connectivity index (χ0) is 12.1. The molecule has 96 valence electrons. The Hall–Kier alpha value is -0.830. The highest BCUT2D eigenvalue weighted by Crippen LogP contribution is 2.26. The Kier molecular flexibility index (Phi) is 4.60. The standard InChI is InChI=1S/C14H25N3/c1-3-17-10-9-15-14(17)11-16-12(2)13-7-5-4-6-8-13/h9-10,12-13,16H,3-8,11H2,1-2H3/t12-/m0/s1. The van der Waals surface area contributed by atoms with Gasteiger partial charge < -0.3 is 9.88 Å². The van der Waals surface area contributed by atoms with E-state index in [1.54, 1.807) is 0 Å². The van der Waals surface area contributed by atoms with Gasteiger partial charge in [0.2, 0.25) is 0 Å². The van der Waals surface area contributed by atoms with Gasteiger partial charge in [-0.15, -0.1) is 0 Å². The first kappa shape index (κ1) is 12.6. The molecule has 1 heterocycles. The van der Waals surface area contributed by atoms with Gasteiger partial charge >= 0.3 is 0 Å². The Morgan fingerprint density at radius 1 is 1.41 bits per heavy atom. The number of aromatic nitrogens is 2. The summed E-state index contributed by atoms with van der Waals surface area (Å²) in [4.78, 5) is 4.40. The zero-order valence-corrected chi connectivity index (χ0v) is 11.2. The second-order valence-electron chi connectivity index (χ2n) is 5.20. The lowest BCUT2D eigenvalue weighted by molar-refractivity contribution is 0.278. The molecule has 1 aromatic rings. The normalized spacial score (nSPS) is 19.4. The lowest BCUT2D eigenvalue weighted by Gasteiger charge is -2.28. The summed E-state index contributed by atoms with van der Waals surface area (Å²) in [5.41, 5.74) is 0. The summed E-state index contributed by atoms with van der Waals surface area (Å²) in [7, 11) is 0. The Labute approximate surface area is 105 Å². The van der Waals surface area contributed by atoms with Crippen LogP contribution in [0.4, 0.5) is 0 Å². The van der Waals surface area contributed by atoms with Crippen molar-refractivity contribution < 1.29 is 0 Å². The summed E-state index contributed by atoms with van der Waals surface area (Å²) in [6, 6.07) is 0.623. The number of imidazole rings is 1. The van der Waals surface area contributed by atoms with Crippen molar-refractivity contribution >= 4 is 0 Å². The summed E-state index contributed by atoms with van der Waals surface area (Å²) in [6.45, 7) is 6.40. The van der Waals surface area contributed by atoms with E-state index in [0.717, 1.165) is 24.8 Å². The molecule has 1 atom stereocenters. The van der Waals surface area contributed by atoms with Crippen LogP contribution in [0.3, 0.4) is 0 Å². The van der Waals surface area contributed by atoms with Crippen LogP contribution >= 0.6 is 0 Å². The molecular formula is C14H25N3. The van der Waals surface area contributed by atoms with Gasteiger partial charge in [0.1, 0.15) is 5.82 Å². The first-order valence-corrected chi connectivity index (χ1v) is 7.04. The molecule has 1 fully saturated rings. The largest absolute Gasteiger partial charge is 0.334 e. The molecule has 1 N–H and O–H groups in total. The molecule has 0 aromatic carbocycles. The van der Waals surface area contributed by atoms with Crippen LogP contribution in [0.5, 0.6) is 0 Å². The summed E-state index contributed by atoms with van der Waals surface area (Å²) in [5, 5.41) is 3.65. The molecule has 0 spiro atoms. The van der Waals surface area contributed by atoms with E-state index in [1.807, 2.05) is 6.20 Å². The summed E-state index contributed by atoms with van der Waals surface area (Å²) in [5.74, 6) is 2.03.